The van der Waals surface area contributed by atoms with Gasteiger partial charge in [-0.05, 0) is 48.6 Å². The number of aliphatic carboxylic acids is 1. The topological polar surface area (TPSA) is 55.8 Å². The highest BCUT2D eigenvalue weighted by Gasteiger charge is 2.20. The van der Waals surface area contributed by atoms with Crippen LogP contribution < -0.4 is 4.74 Å². The van der Waals surface area contributed by atoms with Crippen LogP contribution in [-0.4, -0.2) is 23.8 Å². The van der Waals surface area contributed by atoms with E-state index in [1.807, 2.05) is 36.4 Å². The smallest absolute Gasteiger partial charge is 0.329 e. The van der Waals surface area contributed by atoms with Crippen molar-refractivity contribution in [3.05, 3.63) is 64.2 Å². The van der Waals surface area contributed by atoms with E-state index in [9.17, 15) is 4.79 Å². The quantitative estimate of drug-likeness (QED) is 0.862. The van der Waals surface area contributed by atoms with E-state index < -0.39 is 5.97 Å². The number of carboxylic acid groups (broad SMARTS) is 1. The molecule has 0 aliphatic heterocycles. The molecule has 0 heterocycles. The van der Waals surface area contributed by atoms with E-state index in [2.05, 4.69) is 6.07 Å². The molecule has 5 heteroatoms. The van der Waals surface area contributed by atoms with Crippen LogP contribution in [0.5, 0.6) is 5.75 Å². The first kappa shape index (κ1) is 16.8. The molecule has 3 rings (SSSR count). The molecule has 1 N–H and O–H groups in total. The molecule has 1 atom stereocenters. The Labute approximate surface area is 146 Å². The summed E-state index contributed by atoms with van der Waals surface area (Å²) >= 11 is 6.14. The highest BCUT2D eigenvalue weighted by molar-refractivity contribution is 6.31. The van der Waals surface area contributed by atoms with Crippen molar-refractivity contribution in [2.75, 3.05) is 6.61 Å². The van der Waals surface area contributed by atoms with Crippen molar-refractivity contribution >= 4 is 17.6 Å². The van der Waals surface area contributed by atoms with E-state index in [0.29, 0.717) is 11.6 Å². The van der Waals surface area contributed by atoms with E-state index in [-0.39, 0.29) is 12.7 Å². The van der Waals surface area contributed by atoms with Gasteiger partial charge in [-0.25, -0.2) is 4.79 Å². The predicted molar refractivity (Wildman–Crippen MR) is 91.6 cm³/mol. The van der Waals surface area contributed by atoms with Crippen LogP contribution in [0.3, 0.4) is 0 Å². The molecule has 2 aromatic rings. The van der Waals surface area contributed by atoms with Gasteiger partial charge in [-0.15, -0.1) is 0 Å². The standard InChI is InChI=1S/C19H19ClO4/c20-18-4-2-1-3-15(18)11-23-16-7-5-14-10-17(24-12-19(21)22)8-6-13(14)9-16/h1-5,7,9,17H,6,8,10-12H2,(H,21,22). The van der Waals surface area contributed by atoms with Crippen molar-refractivity contribution in [2.45, 2.75) is 32.0 Å². The lowest BCUT2D eigenvalue weighted by molar-refractivity contribution is -0.144. The molecule has 0 bridgehead atoms. The minimum Gasteiger partial charge on any atom is -0.489 e. The van der Waals surface area contributed by atoms with Crippen LogP contribution in [0.4, 0.5) is 0 Å². The van der Waals surface area contributed by atoms with Crippen LogP contribution in [0, 0.1) is 0 Å². The van der Waals surface area contributed by atoms with Crippen molar-refractivity contribution in [3.63, 3.8) is 0 Å². The first-order valence-corrected chi connectivity index (χ1v) is 8.31. The highest BCUT2D eigenvalue weighted by Crippen LogP contribution is 2.28. The Kier molecular flexibility index (Phi) is 5.38. The van der Waals surface area contributed by atoms with Gasteiger partial charge >= 0.3 is 5.97 Å². The van der Waals surface area contributed by atoms with Crippen LogP contribution in [0.25, 0.3) is 0 Å². The molecule has 0 aromatic heterocycles. The molecule has 1 aliphatic carbocycles. The number of carboxylic acids is 1. The molecule has 2 aromatic carbocycles. The third-order valence-electron chi connectivity index (χ3n) is 4.16. The van der Waals surface area contributed by atoms with Crippen molar-refractivity contribution in [2.24, 2.45) is 0 Å². The number of carbonyl (C=O) groups is 1. The van der Waals surface area contributed by atoms with E-state index in [0.717, 1.165) is 30.6 Å². The molecule has 0 radical (unpaired) electrons. The van der Waals surface area contributed by atoms with Gasteiger partial charge in [-0.2, -0.15) is 0 Å². The third-order valence-corrected chi connectivity index (χ3v) is 4.52. The second kappa shape index (κ2) is 7.69. The molecule has 4 nitrogen and oxygen atoms in total. The van der Waals surface area contributed by atoms with Gasteiger partial charge in [0.2, 0.25) is 0 Å². The fourth-order valence-electron chi connectivity index (χ4n) is 2.90. The monoisotopic (exact) mass is 346 g/mol. The first-order valence-electron chi connectivity index (χ1n) is 7.93. The maximum Gasteiger partial charge on any atom is 0.329 e. The zero-order valence-corrected chi connectivity index (χ0v) is 14.0. The summed E-state index contributed by atoms with van der Waals surface area (Å²) in [5.74, 6) is -0.109. The third kappa shape index (κ3) is 4.28. The summed E-state index contributed by atoms with van der Waals surface area (Å²) in [5.41, 5.74) is 3.39. The largest absolute Gasteiger partial charge is 0.489 e. The molecule has 0 saturated carbocycles. The lowest BCUT2D eigenvalue weighted by Crippen LogP contribution is -2.25. The Morgan fingerprint density at radius 2 is 2.04 bits per heavy atom. The predicted octanol–water partition coefficient (Wildman–Crippen LogP) is 3.88. The normalized spacial score (nSPS) is 16.5. The number of fused-ring (bicyclic) bond motifs is 1. The molecule has 126 valence electrons. The van der Waals surface area contributed by atoms with Crippen molar-refractivity contribution in [1.29, 1.82) is 0 Å². The van der Waals surface area contributed by atoms with Crippen molar-refractivity contribution < 1.29 is 19.4 Å². The van der Waals surface area contributed by atoms with Crippen molar-refractivity contribution in [3.8, 4) is 5.75 Å². The summed E-state index contributed by atoms with van der Waals surface area (Å²) in [4.78, 5) is 10.6. The molecular weight excluding hydrogens is 328 g/mol. The summed E-state index contributed by atoms with van der Waals surface area (Å²) in [7, 11) is 0. The molecule has 1 unspecified atom stereocenters. The lowest BCUT2D eigenvalue weighted by Gasteiger charge is -2.24. The van der Waals surface area contributed by atoms with E-state index in [1.54, 1.807) is 0 Å². The zero-order chi connectivity index (χ0) is 16.9. The van der Waals surface area contributed by atoms with Gasteiger partial charge in [-0.3, -0.25) is 0 Å². The van der Waals surface area contributed by atoms with Crippen LogP contribution in [0.2, 0.25) is 5.02 Å². The Morgan fingerprint density at radius 3 is 2.83 bits per heavy atom. The fraction of sp³-hybridized carbons (Fsp3) is 0.316. The summed E-state index contributed by atoms with van der Waals surface area (Å²) in [5, 5.41) is 9.40. The molecule has 0 fully saturated rings. The van der Waals surface area contributed by atoms with Gasteiger partial charge in [0.1, 0.15) is 19.0 Å². The Bertz CT molecular complexity index is 729. The Morgan fingerprint density at radius 1 is 1.21 bits per heavy atom. The minimum absolute atomic E-state index is 0.0245. The molecular formula is C19H19ClO4. The number of hydrogen-bond acceptors (Lipinski definition) is 3. The maximum absolute atomic E-state index is 10.6. The average Bonchev–Trinajstić information content (AvgIpc) is 2.59. The van der Waals surface area contributed by atoms with Crippen LogP contribution in [0.15, 0.2) is 42.5 Å². The van der Waals surface area contributed by atoms with E-state index >= 15 is 0 Å². The lowest BCUT2D eigenvalue weighted by atomic mass is 9.89. The average molecular weight is 347 g/mol. The molecule has 0 amide bonds. The number of ether oxygens (including phenoxy) is 2. The van der Waals surface area contributed by atoms with Crippen LogP contribution in [-0.2, 0) is 29.0 Å². The number of rotatable bonds is 6. The number of benzene rings is 2. The second-order valence-electron chi connectivity index (χ2n) is 5.88. The summed E-state index contributed by atoms with van der Waals surface area (Å²) in [6, 6.07) is 13.7. The van der Waals surface area contributed by atoms with Crippen molar-refractivity contribution in [1.82, 2.24) is 0 Å². The Balaban J connectivity index is 1.61. The van der Waals surface area contributed by atoms with Crippen LogP contribution >= 0.6 is 11.6 Å². The first-order chi connectivity index (χ1) is 11.6. The van der Waals surface area contributed by atoms with E-state index in [4.69, 9.17) is 26.2 Å². The summed E-state index contributed by atoms with van der Waals surface area (Å²) in [6.07, 6.45) is 2.41. The maximum atomic E-state index is 10.6. The zero-order valence-electron chi connectivity index (χ0n) is 13.2. The summed E-state index contributed by atoms with van der Waals surface area (Å²) < 4.78 is 11.3. The SMILES string of the molecule is O=C(O)COC1CCc2cc(OCc3ccccc3Cl)ccc2C1. The summed E-state index contributed by atoms with van der Waals surface area (Å²) in [6.45, 7) is 0.196. The van der Waals surface area contributed by atoms with E-state index in [1.165, 1.54) is 11.1 Å². The number of hydrogen-bond donors (Lipinski definition) is 1. The minimum atomic E-state index is -0.927. The van der Waals surface area contributed by atoms with Gasteiger partial charge in [0.25, 0.3) is 0 Å². The molecule has 0 saturated heterocycles. The van der Waals surface area contributed by atoms with Gasteiger partial charge in [0.15, 0.2) is 0 Å². The van der Waals surface area contributed by atoms with Gasteiger partial charge in [0.05, 0.1) is 6.10 Å². The molecule has 24 heavy (non-hydrogen) atoms. The Hall–Kier alpha value is -2.04. The fourth-order valence-corrected chi connectivity index (χ4v) is 3.09. The van der Waals surface area contributed by atoms with Crippen LogP contribution in [0.1, 0.15) is 23.1 Å². The molecule has 1 aliphatic rings. The molecule has 0 spiro atoms. The highest BCUT2D eigenvalue weighted by atomic mass is 35.5. The van der Waals surface area contributed by atoms with Gasteiger partial charge < -0.3 is 14.6 Å². The second-order valence-corrected chi connectivity index (χ2v) is 6.29. The van der Waals surface area contributed by atoms with Gasteiger partial charge in [0, 0.05) is 10.6 Å². The number of aryl methyl sites for hydroxylation is 1. The van der Waals surface area contributed by atoms with Gasteiger partial charge in [-0.1, -0.05) is 35.9 Å². The number of halogens is 1.